The van der Waals surface area contributed by atoms with E-state index in [2.05, 4.69) is 11.4 Å². The van der Waals surface area contributed by atoms with E-state index in [-0.39, 0.29) is 11.3 Å². The Hall–Kier alpha value is -1.82. The number of rotatable bonds is 3. The quantitative estimate of drug-likeness (QED) is 0.901. The summed E-state index contributed by atoms with van der Waals surface area (Å²) in [5, 5.41) is 12.1. The van der Waals surface area contributed by atoms with Crippen molar-refractivity contribution < 1.29 is 4.79 Å². The molecule has 1 aliphatic carbocycles. The summed E-state index contributed by atoms with van der Waals surface area (Å²) in [6.07, 6.45) is 5.26. The molecule has 0 aliphatic heterocycles. The normalized spacial score (nSPS) is 19.2. The third-order valence-electron chi connectivity index (χ3n) is 4.04. The van der Waals surface area contributed by atoms with Crippen molar-refractivity contribution in [2.24, 2.45) is 5.41 Å². The molecule has 3 nitrogen and oxygen atoms in total. The van der Waals surface area contributed by atoms with Gasteiger partial charge < -0.3 is 5.32 Å². The molecule has 1 amide bonds. The maximum Gasteiger partial charge on any atom is 0.227 e. The van der Waals surface area contributed by atoms with Gasteiger partial charge in [0, 0.05) is 5.41 Å². The zero-order valence-corrected chi connectivity index (χ0v) is 11.4. The van der Waals surface area contributed by atoms with E-state index in [9.17, 15) is 10.1 Å². The van der Waals surface area contributed by atoms with E-state index in [4.69, 9.17) is 0 Å². The first-order valence-corrected chi connectivity index (χ1v) is 6.91. The first-order chi connectivity index (χ1) is 9.15. The van der Waals surface area contributed by atoms with E-state index in [1.165, 1.54) is 6.42 Å². The van der Waals surface area contributed by atoms with E-state index in [1.807, 2.05) is 37.3 Å². The molecule has 0 aromatic heterocycles. The van der Waals surface area contributed by atoms with Gasteiger partial charge >= 0.3 is 0 Å². The lowest BCUT2D eigenvalue weighted by Crippen LogP contribution is -2.41. The summed E-state index contributed by atoms with van der Waals surface area (Å²) in [4.78, 5) is 12.4. The van der Waals surface area contributed by atoms with Crippen LogP contribution in [0.3, 0.4) is 0 Å². The molecule has 1 atom stereocenters. The van der Waals surface area contributed by atoms with Crippen molar-refractivity contribution in [3.63, 3.8) is 0 Å². The van der Waals surface area contributed by atoms with Gasteiger partial charge in [-0.1, -0.05) is 56.5 Å². The highest BCUT2D eigenvalue weighted by Crippen LogP contribution is 2.36. The lowest BCUT2D eigenvalue weighted by molar-refractivity contribution is -0.132. The van der Waals surface area contributed by atoms with Crippen LogP contribution in [-0.2, 0) is 4.79 Å². The minimum absolute atomic E-state index is 0.0163. The third kappa shape index (κ3) is 3.14. The highest BCUT2D eigenvalue weighted by molar-refractivity contribution is 5.83. The molecule has 0 spiro atoms. The Morgan fingerprint density at radius 1 is 1.26 bits per heavy atom. The maximum atomic E-state index is 12.4. The van der Waals surface area contributed by atoms with Crippen LogP contribution in [0.5, 0.6) is 0 Å². The Kier molecular flexibility index (Phi) is 4.21. The topological polar surface area (TPSA) is 52.9 Å². The molecular weight excluding hydrogens is 236 g/mol. The fourth-order valence-electron chi connectivity index (χ4n) is 2.70. The molecule has 1 unspecified atom stereocenters. The summed E-state index contributed by atoms with van der Waals surface area (Å²) in [7, 11) is 0. The van der Waals surface area contributed by atoms with Crippen LogP contribution >= 0.6 is 0 Å². The van der Waals surface area contributed by atoms with Gasteiger partial charge in [0.25, 0.3) is 0 Å². The van der Waals surface area contributed by atoms with E-state index >= 15 is 0 Å². The van der Waals surface area contributed by atoms with Gasteiger partial charge in [-0.05, 0) is 18.4 Å². The number of nitrogens with one attached hydrogen (secondary N) is 1. The highest BCUT2D eigenvalue weighted by atomic mass is 16.2. The van der Waals surface area contributed by atoms with Crippen molar-refractivity contribution in [2.45, 2.75) is 45.1 Å². The van der Waals surface area contributed by atoms with Crippen molar-refractivity contribution in [3.05, 3.63) is 35.9 Å². The molecule has 100 valence electrons. The second-order valence-electron chi connectivity index (χ2n) is 5.57. The maximum absolute atomic E-state index is 12.4. The van der Waals surface area contributed by atoms with Gasteiger partial charge in [-0.25, -0.2) is 0 Å². The zero-order valence-electron chi connectivity index (χ0n) is 11.4. The van der Waals surface area contributed by atoms with E-state index in [0.717, 1.165) is 31.2 Å². The number of hydrogen-bond acceptors (Lipinski definition) is 2. The van der Waals surface area contributed by atoms with E-state index in [0.29, 0.717) is 0 Å². The van der Waals surface area contributed by atoms with Gasteiger partial charge in [0.05, 0.1) is 6.07 Å². The smallest absolute Gasteiger partial charge is 0.227 e. The van der Waals surface area contributed by atoms with Crippen LogP contribution in [0, 0.1) is 16.7 Å². The molecular formula is C16H20N2O. The predicted octanol–water partition coefficient (Wildman–Crippen LogP) is 3.34. The lowest BCUT2D eigenvalue weighted by atomic mass is 9.75. The molecule has 1 saturated carbocycles. The number of carbonyl (C=O) groups excluding carboxylic acids is 1. The minimum atomic E-state index is -0.549. The zero-order chi connectivity index (χ0) is 13.7. The number of nitrogens with zero attached hydrogens (tertiary/aromatic N) is 1. The summed E-state index contributed by atoms with van der Waals surface area (Å²) >= 11 is 0. The van der Waals surface area contributed by atoms with Gasteiger partial charge in [-0.2, -0.15) is 5.26 Å². The fourth-order valence-corrected chi connectivity index (χ4v) is 2.70. The molecule has 3 heteroatoms. The average Bonchev–Trinajstić information content (AvgIpc) is 2.46. The SMILES string of the molecule is CC1(C(=O)NC(C#N)c2ccccc2)CCCCC1. The Morgan fingerprint density at radius 3 is 2.47 bits per heavy atom. The molecule has 2 rings (SSSR count). The lowest BCUT2D eigenvalue weighted by Gasteiger charge is -2.32. The molecule has 1 N–H and O–H groups in total. The van der Waals surface area contributed by atoms with Crippen molar-refractivity contribution >= 4 is 5.91 Å². The number of benzene rings is 1. The number of hydrogen-bond donors (Lipinski definition) is 1. The number of carbonyl (C=O) groups is 1. The molecule has 0 heterocycles. The fraction of sp³-hybridized carbons (Fsp3) is 0.500. The molecule has 1 fully saturated rings. The second-order valence-corrected chi connectivity index (χ2v) is 5.57. The second kappa shape index (κ2) is 5.88. The molecule has 1 aromatic carbocycles. The summed E-state index contributed by atoms with van der Waals surface area (Å²) in [5.74, 6) is 0.0163. The van der Waals surface area contributed by atoms with Crippen LogP contribution in [0.25, 0.3) is 0 Å². The molecule has 0 saturated heterocycles. The van der Waals surface area contributed by atoms with Gasteiger partial charge in [0.15, 0.2) is 0 Å². The predicted molar refractivity (Wildman–Crippen MR) is 74.1 cm³/mol. The van der Waals surface area contributed by atoms with Crippen molar-refractivity contribution in [2.75, 3.05) is 0 Å². The first-order valence-electron chi connectivity index (χ1n) is 6.91. The summed E-state index contributed by atoms with van der Waals surface area (Å²) < 4.78 is 0. The molecule has 0 radical (unpaired) electrons. The standard InChI is InChI=1S/C16H20N2O/c1-16(10-6-3-7-11-16)15(19)18-14(12-17)13-8-4-2-5-9-13/h2,4-5,8-9,14H,3,6-7,10-11H2,1H3,(H,18,19). The van der Waals surface area contributed by atoms with Crippen LogP contribution in [0.1, 0.15) is 50.6 Å². The largest absolute Gasteiger partial charge is 0.336 e. The van der Waals surface area contributed by atoms with E-state index in [1.54, 1.807) is 0 Å². The van der Waals surface area contributed by atoms with Gasteiger partial charge in [-0.15, -0.1) is 0 Å². The van der Waals surface area contributed by atoms with Crippen LogP contribution in [0.2, 0.25) is 0 Å². The molecule has 1 aliphatic rings. The molecule has 19 heavy (non-hydrogen) atoms. The Morgan fingerprint density at radius 2 is 1.89 bits per heavy atom. The monoisotopic (exact) mass is 256 g/mol. The highest BCUT2D eigenvalue weighted by Gasteiger charge is 2.35. The summed E-state index contributed by atoms with van der Waals surface area (Å²) in [6, 6.07) is 11.0. The van der Waals surface area contributed by atoms with Crippen LogP contribution in [0.15, 0.2) is 30.3 Å². The van der Waals surface area contributed by atoms with Crippen molar-refractivity contribution in [3.8, 4) is 6.07 Å². The van der Waals surface area contributed by atoms with Crippen LogP contribution in [0.4, 0.5) is 0 Å². The third-order valence-corrected chi connectivity index (χ3v) is 4.04. The van der Waals surface area contributed by atoms with Gasteiger partial charge in [0.1, 0.15) is 6.04 Å². The van der Waals surface area contributed by atoms with Crippen molar-refractivity contribution in [1.29, 1.82) is 5.26 Å². The minimum Gasteiger partial charge on any atom is -0.336 e. The Balaban J connectivity index is 2.07. The number of nitriles is 1. The van der Waals surface area contributed by atoms with Crippen LogP contribution < -0.4 is 5.32 Å². The average molecular weight is 256 g/mol. The first kappa shape index (κ1) is 13.6. The molecule has 1 aromatic rings. The Bertz CT molecular complexity index is 469. The molecule has 0 bridgehead atoms. The number of amides is 1. The van der Waals surface area contributed by atoms with Crippen LogP contribution in [-0.4, -0.2) is 5.91 Å². The van der Waals surface area contributed by atoms with Gasteiger partial charge in [0.2, 0.25) is 5.91 Å². The Labute approximate surface area is 114 Å². The summed E-state index contributed by atoms with van der Waals surface area (Å²) in [6.45, 7) is 2.01. The van der Waals surface area contributed by atoms with Crippen molar-refractivity contribution in [1.82, 2.24) is 5.32 Å². The van der Waals surface area contributed by atoms with E-state index < -0.39 is 6.04 Å². The van der Waals surface area contributed by atoms with Gasteiger partial charge in [-0.3, -0.25) is 4.79 Å². The summed E-state index contributed by atoms with van der Waals surface area (Å²) in [5.41, 5.74) is 0.542.